The molecule has 0 radical (unpaired) electrons. The van der Waals surface area contributed by atoms with Gasteiger partial charge in [0.25, 0.3) is 0 Å². The SMILES string of the molecule is CNc1ncnc2c1ncn2[C@@H]1C[C@H](CO)[C@@H]2C(c3ccccc3)=NO[C@@H]21. The maximum absolute atomic E-state index is 10.0. The second-order valence-corrected chi connectivity index (χ2v) is 6.98. The molecule has 0 unspecified atom stereocenters. The van der Waals surface area contributed by atoms with Crippen LogP contribution < -0.4 is 5.32 Å². The molecule has 2 N–H and O–H groups in total. The lowest BCUT2D eigenvalue weighted by molar-refractivity contribution is 0.0421. The molecular formula is C19H20N6O2. The standard InChI is InChI=1S/C19H20N6O2/c1-20-18-16-19(22-9-21-18)25(10-23-16)13-7-12(8-26)14-15(24-27-17(13)14)11-5-3-2-4-6-11/h2-6,9-10,12-14,17,26H,7-8H2,1H3,(H,20,21,22)/t12-,13-,14-,17-/m1/s1. The fourth-order valence-electron chi connectivity index (χ4n) is 4.38. The van der Waals surface area contributed by atoms with Crippen LogP contribution in [-0.2, 0) is 4.84 Å². The minimum Gasteiger partial charge on any atom is -0.396 e. The number of aromatic nitrogens is 4. The summed E-state index contributed by atoms with van der Waals surface area (Å²) >= 11 is 0. The van der Waals surface area contributed by atoms with Crippen molar-refractivity contribution >= 4 is 22.7 Å². The van der Waals surface area contributed by atoms with Gasteiger partial charge in [-0.1, -0.05) is 35.5 Å². The highest BCUT2D eigenvalue weighted by atomic mass is 16.6. The number of fused-ring (bicyclic) bond motifs is 2. The summed E-state index contributed by atoms with van der Waals surface area (Å²) in [6.45, 7) is 0.0935. The molecule has 0 bridgehead atoms. The predicted octanol–water partition coefficient (Wildman–Crippen LogP) is 1.84. The van der Waals surface area contributed by atoms with E-state index in [9.17, 15) is 5.11 Å². The van der Waals surface area contributed by atoms with Crippen molar-refractivity contribution in [3.63, 3.8) is 0 Å². The van der Waals surface area contributed by atoms with E-state index < -0.39 is 0 Å². The van der Waals surface area contributed by atoms with Gasteiger partial charge in [0.2, 0.25) is 0 Å². The van der Waals surface area contributed by atoms with Crippen molar-refractivity contribution in [2.24, 2.45) is 17.0 Å². The lowest BCUT2D eigenvalue weighted by atomic mass is 9.87. The van der Waals surface area contributed by atoms with Crippen molar-refractivity contribution in [3.8, 4) is 0 Å². The van der Waals surface area contributed by atoms with Gasteiger partial charge in [0.15, 0.2) is 17.6 Å². The van der Waals surface area contributed by atoms with Gasteiger partial charge in [-0.05, 0) is 17.9 Å². The summed E-state index contributed by atoms with van der Waals surface area (Å²) in [4.78, 5) is 19.0. The van der Waals surface area contributed by atoms with Crippen LogP contribution in [0.5, 0.6) is 0 Å². The Kier molecular flexibility index (Phi) is 3.78. The summed E-state index contributed by atoms with van der Waals surface area (Å²) in [6, 6.07) is 10.0. The second-order valence-electron chi connectivity index (χ2n) is 6.98. The average molecular weight is 364 g/mol. The lowest BCUT2D eigenvalue weighted by Crippen LogP contribution is -2.28. The minimum atomic E-state index is -0.150. The summed E-state index contributed by atoms with van der Waals surface area (Å²) < 4.78 is 2.04. The molecule has 8 nitrogen and oxygen atoms in total. The Bertz CT molecular complexity index is 1000. The largest absolute Gasteiger partial charge is 0.396 e. The average Bonchev–Trinajstić information content (AvgIpc) is 3.42. The Hall–Kier alpha value is -3.00. The fourth-order valence-corrected chi connectivity index (χ4v) is 4.38. The lowest BCUT2D eigenvalue weighted by Gasteiger charge is -2.19. The highest BCUT2D eigenvalue weighted by Gasteiger charge is 2.52. The Morgan fingerprint density at radius 2 is 2.07 bits per heavy atom. The summed E-state index contributed by atoms with van der Waals surface area (Å²) in [5, 5.41) is 17.5. The van der Waals surface area contributed by atoms with E-state index in [-0.39, 0.29) is 30.6 Å². The topological polar surface area (TPSA) is 97.5 Å². The molecule has 5 rings (SSSR count). The van der Waals surface area contributed by atoms with Crippen molar-refractivity contribution in [2.75, 3.05) is 19.0 Å². The van der Waals surface area contributed by atoms with Gasteiger partial charge in [-0.2, -0.15) is 0 Å². The van der Waals surface area contributed by atoms with E-state index in [0.29, 0.717) is 5.82 Å². The third-order valence-electron chi connectivity index (χ3n) is 5.63. The number of benzene rings is 1. The van der Waals surface area contributed by atoms with Gasteiger partial charge in [0.1, 0.15) is 11.8 Å². The summed E-state index contributed by atoms with van der Waals surface area (Å²) in [7, 11) is 1.81. The van der Waals surface area contributed by atoms with Crippen LogP contribution in [0, 0.1) is 11.8 Å². The first-order chi connectivity index (χ1) is 13.3. The molecule has 138 valence electrons. The molecule has 2 aromatic heterocycles. The molecule has 3 heterocycles. The molecule has 1 fully saturated rings. The van der Waals surface area contributed by atoms with Crippen LogP contribution in [0.25, 0.3) is 11.2 Å². The smallest absolute Gasteiger partial charge is 0.165 e. The van der Waals surface area contributed by atoms with Gasteiger partial charge in [0, 0.05) is 13.7 Å². The van der Waals surface area contributed by atoms with Crippen LogP contribution in [0.3, 0.4) is 0 Å². The number of nitrogens with one attached hydrogen (secondary N) is 1. The Labute approximate surface area is 155 Å². The van der Waals surface area contributed by atoms with Crippen LogP contribution in [0.2, 0.25) is 0 Å². The normalized spacial score (nSPS) is 26.7. The Balaban J connectivity index is 1.54. The third kappa shape index (κ3) is 2.40. The zero-order chi connectivity index (χ0) is 18.4. The fraction of sp³-hybridized carbons (Fsp3) is 0.368. The second kappa shape index (κ2) is 6.31. The number of anilines is 1. The Morgan fingerprint density at radius 1 is 1.22 bits per heavy atom. The van der Waals surface area contributed by atoms with E-state index in [2.05, 4.69) is 25.4 Å². The van der Waals surface area contributed by atoms with Crippen molar-refractivity contribution < 1.29 is 9.94 Å². The van der Waals surface area contributed by atoms with Crippen LogP contribution in [0.15, 0.2) is 48.1 Å². The van der Waals surface area contributed by atoms with Gasteiger partial charge < -0.3 is 19.8 Å². The number of rotatable bonds is 4. The van der Waals surface area contributed by atoms with E-state index in [1.165, 1.54) is 6.33 Å². The molecule has 0 spiro atoms. The van der Waals surface area contributed by atoms with Gasteiger partial charge >= 0.3 is 0 Å². The number of nitrogens with zero attached hydrogens (tertiary/aromatic N) is 5. The zero-order valence-corrected chi connectivity index (χ0v) is 14.9. The maximum Gasteiger partial charge on any atom is 0.165 e. The molecule has 0 saturated heterocycles. The zero-order valence-electron chi connectivity index (χ0n) is 14.9. The van der Waals surface area contributed by atoms with Crippen LogP contribution in [-0.4, -0.2) is 50.1 Å². The minimum absolute atomic E-state index is 0.00159. The third-order valence-corrected chi connectivity index (χ3v) is 5.63. The van der Waals surface area contributed by atoms with Gasteiger partial charge in [-0.3, -0.25) is 0 Å². The number of hydrogen-bond donors (Lipinski definition) is 2. The maximum atomic E-state index is 10.0. The first-order valence-electron chi connectivity index (χ1n) is 9.07. The number of imidazole rings is 1. The van der Waals surface area contributed by atoms with E-state index in [0.717, 1.165) is 28.9 Å². The quantitative estimate of drug-likeness (QED) is 0.733. The summed E-state index contributed by atoms with van der Waals surface area (Å²) in [6.07, 6.45) is 3.94. The molecule has 8 heteroatoms. The van der Waals surface area contributed by atoms with Crippen LogP contribution >= 0.6 is 0 Å². The predicted molar refractivity (Wildman–Crippen MR) is 100 cm³/mol. The van der Waals surface area contributed by atoms with Gasteiger partial charge in [0.05, 0.1) is 24.0 Å². The highest BCUT2D eigenvalue weighted by Crippen LogP contribution is 2.47. The Morgan fingerprint density at radius 3 is 2.85 bits per heavy atom. The molecule has 0 amide bonds. The summed E-state index contributed by atoms with van der Waals surface area (Å²) in [5.74, 6) is 0.815. The van der Waals surface area contributed by atoms with Gasteiger partial charge in [-0.25, -0.2) is 15.0 Å². The van der Waals surface area contributed by atoms with Crippen molar-refractivity contribution in [1.29, 1.82) is 0 Å². The molecule has 1 aromatic carbocycles. The first-order valence-corrected chi connectivity index (χ1v) is 9.07. The number of aliphatic hydroxyl groups excluding tert-OH is 1. The van der Waals surface area contributed by atoms with E-state index in [1.54, 1.807) is 6.33 Å². The summed E-state index contributed by atoms with van der Waals surface area (Å²) in [5.41, 5.74) is 3.44. The number of oxime groups is 1. The molecule has 1 aliphatic carbocycles. The van der Waals surface area contributed by atoms with E-state index in [1.807, 2.05) is 41.9 Å². The molecule has 27 heavy (non-hydrogen) atoms. The van der Waals surface area contributed by atoms with Gasteiger partial charge in [-0.15, -0.1) is 0 Å². The van der Waals surface area contributed by atoms with E-state index >= 15 is 0 Å². The molecule has 3 aromatic rings. The molecular weight excluding hydrogens is 344 g/mol. The van der Waals surface area contributed by atoms with Crippen molar-refractivity contribution in [1.82, 2.24) is 19.5 Å². The monoisotopic (exact) mass is 364 g/mol. The highest BCUT2D eigenvalue weighted by molar-refractivity contribution is 6.03. The number of hydrogen-bond acceptors (Lipinski definition) is 7. The molecule has 1 aliphatic heterocycles. The van der Waals surface area contributed by atoms with Crippen LogP contribution in [0.4, 0.5) is 5.82 Å². The van der Waals surface area contributed by atoms with Crippen LogP contribution in [0.1, 0.15) is 18.0 Å². The molecule has 4 atom stereocenters. The molecule has 2 aliphatic rings. The molecule has 1 saturated carbocycles. The first kappa shape index (κ1) is 16.2. The van der Waals surface area contributed by atoms with E-state index in [4.69, 9.17) is 4.84 Å². The van der Waals surface area contributed by atoms with Crippen molar-refractivity contribution in [2.45, 2.75) is 18.6 Å². The van der Waals surface area contributed by atoms with Crippen molar-refractivity contribution in [3.05, 3.63) is 48.5 Å². The number of aliphatic hydroxyl groups is 1.